The van der Waals surface area contributed by atoms with Crippen LogP contribution in [0, 0.1) is 12.3 Å². The number of halogens is 1. The average Bonchev–Trinajstić information content (AvgIpc) is 1.98. The van der Waals surface area contributed by atoms with Crippen LogP contribution in [0.25, 0.3) is 0 Å². The summed E-state index contributed by atoms with van der Waals surface area (Å²) < 4.78 is 10.2. The summed E-state index contributed by atoms with van der Waals surface area (Å²) in [5.41, 5.74) is 0. The van der Waals surface area contributed by atoms with Crippen molar-refractivity contribution in [2.45, 2.75) is 13.2 Å². The highest BCUT2D eigenvalue weighted by molar-refractivity contribution is 9.09. The minimum atomic E-state index is -0.207. The second kappa shape index (κ2) is 7.07. The van der Waals surface area contributed by atoms with Gasteiger partial charge in [0, 0.05) is 6.61 Å². The minimum absolute atomic E-state index is 0.207. The Balaban J connectivity index is 3.32. The van der Waals surface area contributed by atoms with Crippen LogP contribution in [-0.4, -0.2) is 24.8 Å². The second-order valence-corrected chi connectivity index (χ2v) is 2.20. The SMILES string of the molecule is C#CCOC(CBr)OCC. The van der Waals surface area contributed by atoms with Crippen molar-refractivity contribution in [1.82, 2.24) is 0 Å². The number of terminal acetylenes is 1. The summed E-state index contributed by atoms with van der Waals surface area (Å²) in [6.07, 6.45) is 4.77. The second-order valence-electron chi connectivity index (χ2n) is 1.55. The molecule has 1 atom stereocenters. The maximum atomic E-state index is 5.13. The molecule has 0 aliphatic carbocycles. The van der Waals surface area contributed by atoms with Crippen LogP contribution in [0.3, 0.4) is 0 Å². The van der Waals surface area contributed by atoms with E-state index in [0.717, 1.165) is 0 Å². The first kappa shape index (κ1) is 9.96. The Hall–Kier alpha value is -0.0400. The highest BCUT2D eigenvalue weighted by Gasteiger charge is 2.03. The predicted octanol–water partition coefficient (Wildman–Crippen LogP) is 1.39. The van der Waals surface area contributed by atoms with E-state index in [2.05, 4.69) is 21.9 Å². The molecule has 0 aromatic rings. The normalized spacial score (nSPS) is 12.5. The lowest BCUT2D eigenvalue weighted by atomic mass is 10.7. The molecule has 0 heterocycles. The summed E-state index contributed by atoms with van der Waals surface area (Å²) in [5, 5.41) is 0.655. The van der Waals surface area contributed by atoms with Gasteiger partial charge < -0.3 is 9.47 Å². The smallest absolute Gasteiger partial charge is 0.168 e. The molecule has 0 rings (SSSR count). The molecule has 0 N–H and O–H groups in total. The molecule has 1 unspecified atom stereocenters. The Morgan fingerprint density at radius 1 is 1.60 bits per heavy atom. The van der Waals surface area contributed by atoms with E-state index >= 15 is 0 Å². The van der Waals surface area contributed by atoms with E-state index in [9.17, 15) is 0 Å². The van der Waals surface area contributed by atoms with Gasteiger partial charge in [0.2, 0.25) is 0 Å². The van der Waals surface area contributed by atoms with Gasteiger partial charge >= 0.3 is 0 Å². The Kier molecular flexibility index (Phi) is 7.04. The van der Waals surface area contributed by atoms with Crippen molar-refractivity contribution in [3.05, 3.63) is 0 Å². The van der Waals surface area contributed by atoms with Gasteiger partial charge in [0.15, 0.2) is 6.29 Å². The lowest BCUT2D eigenvalue weighted by Gasteiger charge is -2.12. The first-order chi connectivity index (χ1) is 4.85. The van der Waals surface area contributed by atoms with E-state index in [1.165, 1.54) is 0 Å². The minimum Gasteiger partial charge on any atom is -0.352 e. The molecule has 0 radical (unpaired) electrons. The lowest BCUT2D eigenvalue weighted by molar-refractivity contribution is -0.113. The van der Waals surface area contributed by atoms with Crippen LogP contribution >= 0.6 is 15.9 Å². The van der Waals surface area contributed by atoms with Crippen LogP contribution in [0.5, 0.6) is 0 Å². The average molecular weight is 207 g/mol. The van der Waals surface area contributed by atoms with Crippen molar-refractivity contribution < 1.29 is 9.47 Å². The van der Waals surface area contributed by atoms with Gasteiger partial charge in [-0.25, -0.2) is 0 Å². The Morgan fingerprint density at radius 2 is 2.30 bits per heavy atom. The van der Waals surface area contributed by atoms with E-state index in [0.29, 0.717) is 18.5 Å². The molecule has 0 amide bonds. The molecule has 0 aliphatic rings. The van der Waals surface area contributed by atoms with Gasteiger partial charge in [-0.05, 0) is 6.92 Å². The molecule has 0 saturated carbocycles. The standard InChI is InChI=1S/C7H11BrO2/c1-3-5-10-7(6-8)9-4-2/h1,7H,4-6H2,2H3. The summed E-state index contributed by atoms with van der Waals surface area (Å²) in [6, 6.07) is 0. The third-order valence-electron chi connectivity index (χ3n) is 0.831. The summed E-state index contributed by atoms with van der Waals surface area (Å²) in [7, 11) is 0. The van der Waals surface area contributed by atoms with E-state index in [-0.39, 0.29) is 6.29 Å². The fourth-order valence-electron chi connectivity index (χ4n) is 0.464. The zero-order valence-corrected chi connectivity index (χ0v) is 7.56. The number of hydrogen-bond acceptors (Lipinski definition) is 2. The van der Waals surface area contributed by atoms with E-state index in [1.54, 1.807) is 0 Å². The topological polar surface area (TPSA) is 18.5 Å². The van der Waals surface area contributed by atoms with Gasteiger partial charge in [-0.15, -0.1) is 6.42 Å². The quantitative estimate of drug-likeness (QED) is 0.385. The largest absolute Gasteiger partial charge is 0.352 e. The molecule has 58 valence electrons. The molecule has 0 aromatic carbocycles. The maximum Gasteiger partial charge on any atom is 0.168 e. The lowest BCUT2D eigenvalue weighted by Crippen LogP contribution is -2.18. The molecule has 10 heavy (non-hydrogen) atoms. The zero-order chi connectivity index (χ0) is 7.82. The van der Waals surface area contributed by atoms with E-state index < -0.39 is 0 Å². The molecule has 0 fully saturated rings. The fraction of sp³-hybridized carbons (Fsp3) is 0.714. The van der Waals surface area contributed by atoms with E-state index in [4.69, 9.17) is 15.9 Å². The number of alkyl halides is 1. The van der Waals surface area contributed by atoms with Crippen molar-refractivity contribution in [2.24, 2.45) is 0 Å². The highest BCUT2D eigenvalue weighted by Crippen LogP contribution is 1.98. The van der Waals surface area contributed by atoms with Crippen LogP contribution in [0.2, 0.25) is 0 Å². The predicted molar refractivity (Wildman–Crippen MR) is 44.0 cm³/mol. The highest BCUT2D eigenvalue weighted by atomic mass is 79.9. The molecule has 2 nitrogen and oxygen atoms in total. The Morgan fingerprint density at radius 3 is 2.70 bits per heavy atom. The van der Waals surface area contributed by atoms with Crippen LogP contribution in [0.4, 0.5) is 0 Å². The van der Waals surface area contributed by atoms with Crippen molar-refractivity contribution in [2.75, 3.05) is 18.5 Å². The summed E-state index contributed by atoms with van der Waals surface area (Å²) in [4.78, 5) is 0. The van der Waals surface area contributed by atoms with Crippen molar-refractivity contribution in [3.8, 4) is 12.3 Å². The third-order valence-corrected chi connectivity index (χ3v) is 1.36. The maximum absolute atomic E-state index is 5.13. The monoisotopic (exact) mass is 206 g/mol. The van der Waals surface area contributed by atoms with Crippen molar-refractivity contribution >= 4 is 15.9 Å². The molecule has 0 saturated heterocycles. The van der Waals surface area contributed by atoms with Crippen LogP contribution < -0.4 is 0 Å². The van der Waals surface area contributed by atoms with Gasteiger partial charge in [0.05, 0.1) is 5.33 Å². The third kappa shape index (κ3) is 4.80. The summed E-state index contributed by atoms with van der Waals surface area (Å²) in [6.45, 7) is 2.85. The Bertz CT molecular complexity index is 109. The van der Waals surface area contributed by atoms with Crippen LogP contribution in [0.15, 0.2) is 0 Å². The molecule has 0 aromatic heterocycles. The van der Waals surface area contributed by atoms with Crippen LogP contribution in [-0.2, 0) is 9.47 Å². The van der Waals surface area contributed by atoms with Gasteiger partial charge in [0.25, 0.3) is 0 Å². The number of rotatable bonds is 5. The number of ether oxygens (including phenoxy) is 2. The molecular formula is C7H11BrO2. The first-order valence-corrected chi connectivity index (χ1v) is 4.20. The Labute approximate surface area is 70.0 Å². The fourth-order valence-corrected chi connectivity index (χ4v) is 0.838. The molecule has 0 spiro atoms. The van der Waals surface area contributed by atoms with Crippen molar-refractivity contribution in [3.63, 3.8) is 0 Å². The van der Waals surface area contributed by atoms with Gasteiger partial charge in [0.1, 0.15) is 6.61 Å². The summed E-state index contributed by atoms with van der Waals surface area (Å²) in [5.74, 6) is 2.37. The van der Waals surface area contributed by atoms with Gasteiger partial charge in [-0.2, -0.15) is 0 Å². The number of hydrogen-bond donors (Lipinski definition) is 0. The molecule has 3 heteroatoms. The van der Waals surface area contributed by atoms with Gasteiger partial charge in [-0.1, -0.05) is 21.9 Å². The molecular weight excluding hydrogens is 196 g/mol. The van der Waals surface area contributed by atoms with Crippen molar-refractivity contribution in [1.29, 1.82) is 0 Å². The molecule has 0 bridgehead atoms. The zero-order valence-electron chi connectivity index (χ0n) is 5.97. The summed E-state index contributed by atoms with van der Waals surface area (Å²) >= 11 is 3.23. The van der Waals surface area contributed by atoms with E-state index in [1.807, 2.05) is 6.92 Å². The van der Waals surface area contributed by atoms with Gasteiger partial charge in [-0.3, -0.25) is 0 Å². The van der Waals surface area contributed by atoms with Crippen LogP contribution in [0.1, 0.15) is 6.92 Å². The molecule has 0 aliphatic heterocycles. The first-order valence-electron chi connectivity index (χ1n) is 3.07.